The first kappa shape index (κ1) is 23.1. The van der Waals surface area contributed by atoms with Gasteiger partial charge in [0.15, 0.2) is 0 Å². The number of amides is 2. The molecule has 0 unspecified atom stereocenters. The van der Waals surface area contributed by atoms with Crippen LogP contribution in [0.2, 0.25) is 5.02 Å². The number of ether oxygens (including phenoxy) is 1. The van der Waals surface area contributed by atoms with E-state index in [2.05, 4.69) is 20.4 Å². The summed E-state index contributed by atoms with van der Waals surface area (Å²) in [5.41, 5.74) is 7.81. The summed E-state index contributed by atoms with van der Waals surface area (Å²) in [5.74, 6) is -0.886. The predicted octanol–water partition coefficient (Wildman–Crippen LogP) is 3.83. The Bertz CT molecular complexity index is 1170. The maximum absolute atomic E-state index is 12.0. The van der Waals surface area contributed by atoms with E-state index in [0.29, 0.717) is 5.02 Å². The maximum Gasteiger partial charge on any atom is 0.329 e. The normalized spacial score (nSPS) is 10.9. The Morgan fingerprint density at radius 3 is 2.44 bits per heavy atom. The zero-order valence-corrected chi connectivity index (χ0v) is 19.2. The number of aryl methyl sites for hydroxylation is 2. The molecular weight excluding hydrogens is 428 g/mol. The third-order valence-electron chi connectivity index (χ3n) is 5.07. The van der Waals surface area contributed by atoms with Crippen molar-refractivity contribution in [1.82, 2.24) is 15.3 Å². The Morgan fingerprint density at radius 2 is 1.78 bits per heavy atom. The molecule has 2 aromatic carbocycles. The van der Waals surface area contributed by atoms with E-state index in [1.807, 2.05) is 57.2 Å². The Labute approximate surface area is 192 Å². The maximum atomic E-state index is 12.0. The lowest BCUT2D eigenvalue weighted by molar-refractivity contribution is -0.139. The van der Waals surface area contributed by atoms with Crippen molar-refractivity contribution in [3.63, 3.8) is 0 Å². The molecule has 3 aromatic rings. The number of hydrogen-bond acceptors (Lipinski definition) is 4. The van der Waals surface area contributed by atoms with Crippen molar-refractivity contribution in [2.45, 2.75) is 27.3 Å². The van der Waals surface area contributed by atoms with Gasteiger partial charge in [0, 0.05) is 34.2 Å². The molecule has 0 aliphatic carbocycles. The van der Waals surface area contributed by atoms with Gasteiger partial charge >= 0.3 is 11.8 Å². The molecule has 3 rings (SSSR count). The summed E-state index contributed by atoms with van der Waals surface area (Å²) >= 11 is 6.27. The van der Waals surface area contributed by atoms with Gasteiger partial charge in [-0.3, -0.25) is 9.59 Å². The molecule has 0 saturated heterocycles. The van der Waals surface area contributed by atoms with Crippen molar-refractivity contribution in [3.8, 4) is 11.4 Å². The number of rotatable bonds is 6. The van der Waals surface area contributed by atoms with Gasteiger partial charge in [-0.25, -0.2) is 5.43 Å². The van der Waals surface area contributed by atoms with E-state index in [0.717, 1.165) is 39.5 Å². The van der Waals surface area contributed by atoms with Crippen LogP contribution in [0.3, 0.4) is 0 Å². The van der Waals surface area contributed by atoms with E-state index in [-0.39, 0.29) is 6.54 Å². The molecule has 8 heteroatoms. The number of halogens is 1. The van der Waals surface area contributed by atoms with Crippen molar-refractivity contribution < 1.29 is 14.3 Å². The zero-order chi connectivity index (χ0) is 23.3. The molecule has 7 nitrogen and oxygen atoms in total. The second-order valence-corrected chi connectivity index (χ2v) is 7.73. The van der Waals surface area contributed by atoms with Crippen LogP contribution in [-0.4, -0.2) is 29.7 Å². The van der Waals surface area contributed by atoms with Crippen LogP contribution in [0.5, 0.6) is 5.75 Å². The van der Waals surface area contributed by atoms with Crippen LogP contribution in [0.1, 0.15) is 28.1 Å². The molecule has 0 radical (unpaired) electrons. The number of hydrogen-bond donors (Lipinski definition) is 2. The molecule has 0 spiro atoms. The Hall–Kier alpha value is -3.58. The van der Waals surface area contributed by atoms with E-state index in [4.69, 9.17) is 16.3 Å². The van der Waals surface area contributed by atoms with Gasteiger partial charge < -0.3 is 14.6 Å². The average Bonchev–Trinajstić information content (AvgIpc) is 3.07. The molecule has 1 aromatic heterocycles. The summed E-state index contributed by atoms with van der Waals surface area (Å²) in [6, 6.07) is 15.0. The van der Waals surface area contributed by atoms with Crippen molar-refractivity contribution in [1.29, 1.82) is 0 Å². The number of nitrogens with zero attached hydrogens (tertiary/aromatic N) is 2. The van der Waals surface area contributed by atoms with Crippen LogP contribution in [0.15, 0.2) is 53.6 Å². The van der Waals surface area contributed by atoms with Crippen LogP contribution in [0.4, 0.5) is 0 Å². The lowest BCUT2D eigenvalue weighted by atomic mass is 10.2. The van der Waals surface area contributed by atoms with E-state index >= 15 is 0 Å². The van der Waals surface area contributed by atoms with Gasteiger partial charge in [-0.1, -0.05) is 29.8 Å². The molecule has 0 aliphatic rings. The minimum absolute atomic E-state index is 0.222. The number of nitrogens with one attached hydrogen (secondary N) is 2. The number of carbonyl (C=O) groups excluding carboxylic acids is 2. The Balaban J connectivity index is 1.60. The summed E-state index contributed by atoms with van der Waals surface area (Å²) in [5, 5.41) is 7.19. The highest BCUT2D eigenvalue weighted by Gasteiger charge is 2.13. The Morgan fingerprint density at radius 1 is 1.06 bits per heavy atom. The topological polar surface area (TPSA) is 84.7 Å². The molecular formula is C24H25ClN4O3. The zero-order valence-electron chi connectivity index (χ0n) is 18.4. The second kappa shape index (κ2) is 10.2. The van der Waals surface area contributed by atoms with E-state index in [1.165, 1.54) is 6.21 Å². The van der Waals surface area contributed by atoms with Crippen LogP contribution < -0.4 is 15.5 Å². The van der Waals surface area contributed by atoms with Gasteiger partial charge in [0.05, 0.1) is 13.3 Å². The summed E-state index contributed by atoms with van der Waals surface area (Å²) in [6.45, 7) is 6.10. The fourth-order valence-electron chi connectivity index (χ4n) is 3.25. The van der Waals surface area contributed by atoms with Gasteiger partial charge in [-0.05, 0) is 62.2 Å². The second-order valence-electron chi connectivity index (χ2n) is 7.33. The molecule has 2 N–H and O–H groups in total. The monoisotopic (exact) mass is 452 g/mol. The van der Waals surface area contributed by atoms with Crippen molar-refractivity contribution >= 4 is 29.6 Å². The molecule has 32 heavy (non-hydrogen) atoms. The first-order chi connectivity index (χ1) is 15.3. The summed E-state index contributed by atoms with van der Waals surface area (Å²) < 4.78 is 7.14. The highest BCUT2D eigenvalue weighted by atomic mass is 35.5. The lowest BCUT2D eigenvalue weighted by Gasteiger charge is -2.11. The third-order valence-corrected chi connectivity index (χ3v) is 5.48. The van der Waals surface area contributed by atoms with Crippen LogP contribution in [0.25, 0.3) is 5.69 Å². The molecule has 0 fully saturated rings. The molecule has 1 heterocycles. The van der Waals surface area contributed by atoms with E-state index < -0.39 is 11.8 Å². The molecule has 166 valence electrons. The highest BCUT2D eigenvalue weighted by Crippen LogP contribution is 2.24. The standard InChI is InChI=1S/C24H25ClN4O3/c1-15-5-8-20(12-22(15)25)29-16(2)11-19(17(29)3)14-27-28-24(31)23(30)26-13-18-6-9-21(32-4)10-7-18/h5-12,14H,13H2,1-4H3,(H,26,30)(H,28,31)/b27-14-. The first-order valence-electron chi connectivity index (χ1n) is 9.99. The molecule has 0 bridgehead atoms. The molecule has 0 aliphatic heterocycles. The molecule has 2 amide bonds. The van der Waals surface area contributed by atoms with Gasteiger partial charge in [-0.2, -0.15) is 5.10 Å². The number of benzene rings is 2. The Kier molecular flexibility index (Phi) is 7.33. The summed E-state index contributed by atoms with van der Waals surface area (Å²) in [4.78, 5) is 24.0. The van der Waals surface area contributed by atoms with Crippen LogP contribution >= 0.6 is 11.6 Å². The number of methoxy groups -OCH3 is 1. The van der Waals surface area contributed by atoms with Gasteiger partial charge in [0.2, 0.25) is 0 Å². The van der Waals surface area contributed by atoms with E-state index in [9.17, 15) is 9.59 Å². The lowest BCUT2D eigenvalue weighted by Crippen LogP contribution is -2.37. The van der Waals surface area contributed by atoms with Crippen molar-refractivity contribution in [3.05, 3.63) is 81.6 Å². The highest BCUT2D eigenvalue weighted by molar-refractivity contribution is 6.35. The quantitative estimate of drug-likeness (QED) is 0.338. The SMILES string of the molecule is COc1ccc(CNC(=O)C(=O)N/N=C\c2cc(C)n(-c3ccc(C)c(Cl)c3)c2C)cc1. The summed E-state index contributed by atoms with van der Waals surface area (Å²) in [6.07, 6.45) is 1.52. The minimum Gasteiger partial charge on any atom is -0.497 e. The molecule has 0 atom stereocenters. The average molecular weight is 453 g/mol. The van der Waals surface area contributed by atoms with Crippen LogP contribution in [-0.2, 0) is 16.1 Å². The fraction of sp³-hybridized carbons (Fsp3) is 0.208. The first-order valence-corrected chi connectivity index (χ1v) is 10.4. The molecule has 0 saturated carbocycles. The van der Waals surface area contributed by atoms with Crippen molar-refractivity contribution in [2.75, 3.05) is 7.11 Å². The minimum atomic E-state index is -0.839. The van der Waals surface area contributed by atoms with Gasteiger partial charge in [0.25, 0.3) is 0 Å². The number of hydrazone groups is 1. The summed E-state index contributed by atoms with van der Waals surface area (Å²) in [7, 11) is 1.58. The number of aromatic nitrogens is 1. The largest absolute Gasteiger partial charge is 0.497 e. The third kappa shape index (κ3) is 5.36. The predicted molar refractivity (Wildman–Crippen MR) is 126 cm³/mol. The van der Waals surface area contributed by atoms with Gasteiger partial charge in [-0.15, -0.1) is 0 Å². The number of carbonyl (C=O) groups is 2. The van der Waals surface area contributed by atoms with Gasteiger partial charge in [0.1, 0.15) is 5.75 Å². The van der Waals surface area contributed by atoms with Crippen molar-refractivity contribution in [2.24, 2.45) is 5.10 Å². The fourth-order valence-corrected chi connectivity index (χ4v) is 3.43. The van der Waals surface area contributed by atoms with E-state index in [1.54, 1.807) is 19.2 Å². The van der Waals surface area contributed by atoms with Crippen LogP contribution in [0, 0.1) is 20.8 Å². The smallest absolute Gasteiger partial charge is 0.329 e.